The van der Waals surface area contributed by atoms with Gasteiger partial charge in [0.1, 0.15) is 38.3 Å². The van der Waals surface area contributed by atoms with Crippen LogP contribution in [0.1, 0.15) is 33.4 Å². The van der Waals surface area contributed by atoms with Gasteiger partial charge in [-0.15, -0.1) is 0 Å². The van der Waals surface area contributed by atoms with Gasteiger partial charge in [-0.05, 0) is 52.6 Å². The standard InChI is InChI=1S/C34H36N2O6.C17H17NO3/c37-31(29(21-25-13-5-1-6-14-25)35-33(39)41-23-27-17-9-3-10-18-27)32(38)30(22-26-15-7-2-8-16-26)36-34(40)42-24-28-19-11-4-12-20-28;19-12-16(11-14-7-3-1-4-8-14)18-17(20)21-13-15-9-5-2-6-10-15/h1-20,29-32,37-38H,21-24H2,(H,35,39)(H,36,40);1-10,12,16H,11,13H2,(H,18,20)/t29-,30-,31+,32+;16-/m00/s1. The van der Waals surface area contributed by atoms with Crippen molar-refractivity contribution in [3.63, 3.8) is 0 Å². The third kappa shape index (κ3) is 17.3. The molecule has 326 valence electrons. The number of hydrogen-bond donors (Lipinski definition) is 5. The maximum Gasteiger partial charge on any atom is 0.408 e. The second kappa shape index (κ2) is 26.1. The van der Waals surface area contributed by atoms with Crippen LogP contribution in [0.3, 0.4) is 0 Å². The molecule has 5 atom stereocenters. The van der Waals surface area contributed by atoms with Gasteiger partial charge in [0.25, 0.3) is 0 Å². The molecule has 12 nitrogen and oxygen atoms in total. The number of rotatable bonds is 19. The van der Waals surface area contributed by atoms with Crippen molar-refractivity contribution < 1.29 is 43.6 Å². The maximum atomic E-state index is 12.8. The van der Waals surface area contributed by atoms with Crippen molar-refractivity contribution in [2.45, 2.75) is 69.4 Å². The molecule has 0 radical (unpaired) electrons. The molecule has 5 N–H and O–H groups in total. The number of amides is 3. The van der Waals surface area contributed by atoms with Gasteiger partial charge >= 0.3 is 18.3 Å². The lowest BCUT2D eigenvalue weighted by molar-refractivity contribution is -0.109. The van der Waals surface area contributed by atoms with Gasteiger partial charge in [-0.1, -0.05) is 182 Å². The highest BCUT2D eigenvalue weighted by Crippen LogP contribution is 2.16. The molecule has 0 aromatic heterocycles. The van der Waals surface area contributed by atoms with Crippen molar-refractivity contribution in [2.75, 3.05) is 0 Å². The number of benzene rings is 6. The van der Waals surface area contributed by atoms with Crippen LogP contribution in [-0.2, 0) is 58.1 Å². The van der Waals surface area contributed by atoms with Crippen LogP contribution in [0, 0.1) is 0 Å². The summed E-state index contributed by atoms with van der Waals surface area (Å²) >= 11 is 0. The van der Waals surface area contributed by atoms with Crippen molar-refractivity contribution in [1.29, 1.82) is 0 Å². The predicted molar refractivity (Wildman–Crippen MR) is 239 cm³/mol. The molecule has 0 saturated heterocycles. The van der Waals surface area contributed by atoms with Gasteiger partial charge in [0.15, 0.2) is 0 Å². The zero-order valence-electron chi connectivity index (χ0n) is 34.8. The second-order valence-electron chi connectivity index (χ2n) is 14.6. The average Bonchev–Trinajstić information content (AvgIpc) is 3.33. The Morgan fingerprint density at radius 2 is 0.651 bits per heavy atom. The Labute approximate surface area is 367 Å². The summed E-state index contributed by atoms with van der Waals surface area (Å²) in [6.45, 7) is 0.285. The molecule has 0 aliphatic rings. The summed E-state index contributed by atoms with van der Waals surface area (Å²) in [5.41, 5.74) is 5.19. The first-order valence-electron chi connectivity index (χ1n) is 20.6. The predicted octanol–water partition coefficient (Wildman–Crippen LogP) is 7.51. The van der Waals surface area contributed by atoms with E-state index in [1.807, 2.05) is 182 Å². The van der Waals surface area contributed by atoms with E-state index in [4.69, 9.17) is 14.2 Å². The van der Waals surface area contributed by atoms with Crippen LogP contribution in [-0.4, -0.2) is 65.1 Å². The van der Waals surface area contributed by atoms with Gasteiger partial charge in [0, 0.05) is 0 Å². The molecule has 6 rings (SSSR count). The summed E-state index contributed by atoms with van der Waals surface area (Å²) in [4.78, 5) is 48.3. The van der Waals surface area contributed by atoms with Gasteiger partial charge in [0.05, 0.1) is 18.1 Å². The normalized spacial score (nSPS) is 12.9. The first-order chi connectivity index (χ1) is 30.7. The average molecular weight is 852 g/mol. The van der Waals surface area contributed by atoms with Gasteiger partial charge < -0.3 is 45.2 Å². The molecule has 6 aromatic carbocycles. The Morgan fingerprint density at radius 1 is 0.397 bits per heavy atom. The number of aldehydes is 1. The van der Waals surface area contributed by atoms with Crippen LogP contribution in [0.2, 0.25) is 0 Å². The molecule has 12 heteroatoms. The molecular formula is C51H53N3O9. The van der Waals surface area contributed by atoms with Crippen LogP contribution in [0.25, 0.3) is 0 Å². The lowest BCUT2D eigenvalue weighted by Gasteiger charge is -2.32. The van der Waals surface area contributed by atoms with Crippen molar-refractivity contribution in [3.8, 4) is 0 Å². The van der Waals surface area contributed by atoms with Crippen molar-refractivity contribution in [3.05, 3.63) is 215 Å². The number of aliphatic hydroxyl groups is 2. The molecular weight excluding hydrogens is 799 g/mol. The van der Waals surface area contributed by atoms with Crippen molar-refractivity contribution >= 4 is 24.6 Å². The summed E-state index contributed by atoms with van der Waals surface area (Å²) in [5, 5.41) is 30.9. The van der Waals surface area contributed by atoms with Crippen LogP contribution in [0.5, 0.6) is 0 Å². The third-order valence-electron chi connectivity index (χ3n) is 9.78. The summed E-state index contributed by atoms with van der Waals surface area (Å²) in [7, 11) is 0. The second-order valence-corrected chi connectivity index (χ2v) is 14.6. The minimum atomic E-state index is -1.46. The van der Waals surface area contributed by atoms with Crippen molar-refractivity contribution in [2.24, 2.45) is 0 Å². The van der Waals surface area contributed by atoms with Crippen LogP contribution >= 0.6 is 0 Å². The quantitative estimate of drug-likeness (QED) is 0.0409. The topological polar surface area (TPSA) is 173 Å². The fraction of sp³-hybridized carbons (Fsp3) is 0.216. The summed E-state index contributed by atoms with van der Waals surface area (Å²) in [5.74, 6) is 0. The Morgan fingerprint density at radius 3 is 0.937 bits per heavy atom. The van der Waals surface area contributed by atoms with E-state index in [0.717, 1.165) is 39.7 Å². The van der Waals surface area contributed by atoms with Gasteiger partial charge in [-0.3, -0.25) is 0 Å². The van der Waals surface area contributed by atoms with E-state index >= 15 is 0 Å². The number of alkyl carbamates (subject to hydrolysis) is 3. The fourth-order valence-corrected chi connectivity index (χ4v) is 6.48. The molecule has 0 aliphatic carbocycles. The molecule has 0 unspecified atom stereocenters. The minimum Gasteiger partial charge on any atom is -0.445 e. The number of hydrogen-bond acceptors (Lipinski definition) is 9. The summed E-state index contributed by atoms with van der Waals surface area (Å²) < 4.78 is 15.9. The van der Waals surface area contributed by atoms with Crippen LogP contribution < -0.4 is 16.0 Å². The summed E-state index contributed by atoms with van der Waals surface area (Å²) in [6, 6.07) is 53.5. The van der Waals surface area contributed by atoms with E-state index in [1.54, 1.807) is 0 Å². The Balaban J connectivity index is 0.000000298. The zero-order valence-corrected chi connectivity index (χ0v) is 34.8. The van der Waals surface area contributed by atoms with E-state index in [1.165, 1.54) is 0 Å². The Kier molecular flexibility index (Phi) is 19.4. The Hall–Kier alpha value is -7.28. The lowest BCUT2D eigenvalue weighted by Crippen LogP contribution is -2.57. The maximum absolute atomic E-state index is 12.8. The number of aliphatic hydroxyl groups excluding tert-OH is 2. The molecule has 0 saturated carbocycles. The van der Waals surface area contributed by atoms with Crippen LogP contribution in [0.15, 0.2) is 182 Å². The molecule has 0 fully saturated rings. The van der Waals surface area contributed by atoms with Gasteiger partial charge in [0.2, 0.25) is 0 Å². The monoisotopic (exact) mass is 851 g/mol. The van der Waals surface area contributed by atoms with E-state index in [2.05, 4.69) is 16.0 Å². The lowest BCUT2D eigenvalue weighted by atomic mass is 9.91. The smallest absolute Gasteiger partial charge is 0.408 e. The zero-order chi connectivity index (χ0) is 44.5. The Bertz CT molecular complexity index is 2110. The summed E-state index contributed by atoms with van der Waals surface area (Å²) in [6.07, 6.45) is -3.38. The minimum absolute atomic E-state index is 0.0504. The number of carbonyl (C=O) groups is 4. The van der Waals surface area contributed by atoms with Crippen molar-refractivity contribution in [1.82, 2.24) is 16.0 Å². The molecule has 0 heterocycles. The molecule has 63 heavy (non-hydrogen) atoms. The SMILES string of the molecule is O=C(N[C@@H](Cc1ccccc1)[C@@H](O)[C@H](O)[C@H](Cc1ccccc1)NC(=O)OCc1ccccc1)OCc1ccccc1.O=C[C@H](Cc1ccccc1)NC(=O)OCc1ccccc1. The highest BCUT2D eigenvalue weighted by Gasteiger charge is 2.35. The third-order valence-corrected chi connectivity index (χ3v) is 9.78. The van der Waals surface area contributed by atoms with E-state index < -0.39 is 48.6 Å². The molecule has 6 aromatic rings. The van der Waals surface area contributed by atoms with Gasteiger partial charge in [-0.25, -0.2) is 14.4 Å². The van der Waals surface area contributed by atoms with Crippen LogP contribution in [0.4, 0.5) is 14.4 Å². The largest absolute Gasteiger partial charge is 0.445 e. The first kappa shape index (κ1) is 46.8. The number of ether oxygens (including phenoxy) is 3. The molecule has 0 aliphatic heterocycles. The van der Waals surface area contributed by atoms with E-state index in [-0.39, 0.29) is 32.7 Å². The first-order valence-corrected chi connectivity index (χ1v) is 20.6. The highest BCUT2D eigenvalue weighted by molar-refractivity contribution is 5.73. The van der Waals surface area contributed by atoms with E-state index in [9.17, 15) is 29.4 Å². The number of nitrogens with one attached hydrogen (secondary N) is 3. The highest BCUT2D eigenvalue weighted by atomic mass is 16.6. The fourth-order valence-electron chi connectivity index (χ4n) is 6.48. The number of carbonyl (C=O) groups excluding carboxylic acids is 4. The molecule has 0 bridgehead atoms. The van der Waals surface area contributed by atoms with E-state index in [0.29, 0.717) is 6.42 Å². The van der Waals surface area contributed by atoms with Gasteiger partial charge in [-0.2, -0.15) is 0 Å². The molecule has 3 amide bonds. The molecule has 0 spiro atoms.